The zero-order chi connectivity index (χ0) is 12.3. The van der Waals surface area contributed by atoms with Gasteiger partial charge < -0.3 is 14.2 Å². The van der Waals surface area contributed by atoms with Crippen molar-refractivity contribution in [3.8, 4) is 5.75 Å². The number of Topliss-reactive ketones (excluding diaryl/α,β-unsaturated/α-hetero) is 1. The molecule has 1 fully saturated rings. The van der Waals surface area contributed by atoms with E-state index in [0.717, 1.165) is 0 Å². The van der Waals surface area contributed by atoms with Crippen molar-refractivity contribution in [2.24, 2.45) is 0 Å². The molecule has 0 aliphatic carbocycles. The second-order valence-electron chi connectivity index (χ2n) is 3.65. The van der Waals surface area contributed by atoms with Crippen molar-refractivity contribution in [2.45, 2.75) is 6.10 Å². The summed E-state index contributed by atoms with van der Waals surface area (Å²) < 4.78 is 15.6. The van der Waals surface area contributed by atoms with E-state index in [9.17, 15) is 4.79 Å². The first kappa shape index (κ1) is 12.4. The molecular formula is C12H13ClO4. The molecule has 1 aromatic rings. The number of ether oxygens (including phenoxy) is 3. The molecule has 0 spiro atoms. The molecule has 0 saturated carbocycles. The Morgan fingerprint density at radius 1 is 1.47 bits per heavy atom. The van der Waals surface area contributed by atoms with Gasteiger partial charge in [0.1, 0.15) is 11.9 Å². The van der Waals surface area contributed by atoms with Crippen molar-refractivity contribution in [1.82, 2.24) is 0 Å². The van der Waals surface area contributed by atoms with Gasteiger partial charge in [-0.05, 0) is 18.2 Å². The van der Waals surface area contributed by atoms with Crippen LogP contribution in [-0.4, -0.2) is 38.8 Å². The van der Waals surface area contributed by atoms with Gasteiger partial charge in [0, 0.05) is 5.56 Å². The molecule has 1 unspecified atom stereocenters. The van der Waals surface area contributed by atoms with Crippen LogP contribution in [0.5, 0.6) is 5.75 Å². The van der Waals surface area contributed by atoms with E-state index in [0.29, 0.717) is 36.2 Å². The SMILES string of the molecule is COc1ccc(C(=O)C2COCCO2)cc1Cl. The van der Waals surface area contributed by atoms with Crippen LogP contribution in [0.1, 0.15) is 10.4 Å². The molecule has 92 valence electrons. The number of carbonyl (C=O) groups excluding carboxylic acids is 1. The van der Waals surface area contributed by atoms with Gasteiger partial charge in [-0.3, -0.25) is 4.79 Å². The van der Waals surface area contributed by atoms with Gasteiger partial charge in [0.05, 0.1) is 32.0 Å². The van der Waals surface area contributed by atoms with E-state index in [1.54, 1.807) is 18.2 Å². The minimum atomic E-state index is -0.534. The van der Waals surface area contributed by atoms with E-state index >= 15 is 0 Å². The fourth-order valence-electron chi connectivity index (χ4n) is 1.64. The summed E-state index contributed by atoms with van der Waals surface area (Å²) in [5.74, 6) is 0.429. The fourth-order valence-corrected chi connectivity index (χ4v) is 1.90. The highest BCUT2D eigenvalue weighted by Gasteiger charge is 2.24. The summed E-state index contributed by atoms with van der Waals surface area (Å²) in [6.07, 6.45) is -0.534. The number of hydrogen-bond acceptors (Lipinski definition) is 4. The Morgan fingerprint density at radius 3 is 2.88 bits per heavy atom. The van der Waals surface area contributed by atoms with Crippen molar-refractivity contribution in [3.63, 3.8) is 0 Å². The fraction of sp³-hybridized carbons (Fsp3) is 0.417. The normalized spacial score (nSPS) is 20.0. The molecule has 5 heteroatoms. The largest absolute Gasteiger partial charge is 0.495 e. The van der Waals surface area contributed by atoms with Crippen LogP contribution in [0.15, 0.2) is 18.2 Å². The van der Waals surface area contributed by atoms with Crippen molar-refractivity contribution >= 4 is 17.4 Å². The van der Waals surface area contributed by atoms with Gasteiger partial charge in [0.25, 0.3) is 0 Å². The molecule has 17 heavy (non-hydrogen) atoms. The van der Waals surface area contributed by atoms with E-state index in [1.807, 2.05) is 0 Å². The van der Waals surface area contributed by atoms with Crippen LogP contribution in [0, 0.1) is 0 Å². The molecule has 1 aliphatic heterocycles. The molecule has 1 atom stereocenters. The number of ketones is 1. The zero-order valence-electron chi connectivity index (χ0n) is 9.44. The molecule has 0 amide bonds. The molecule has 0 bridgehead atoms. The third kappa shape index (κ3) is 2.77. The summed E-state index contributed by atoms with van der Waals surface area (Å²) in [5, 5.41) is 0.412. The van der Waals surface area contributed by atoms with Gasteiger partial charge in [0.2, 0.25) is 0 Å². The predicted octanol–water partition coefficient (Wildman–Crippen LogP) is 1.95. The Morgan fingerprint density at radius 2 is 2.29 bits per heavy atom. The average Bonchev–Trinajstić information content (AvgIpc) is 2.39. The van der Waals surface area contributed by atoms with Gasteiger partial charge in [-0.15, -0.1) is 0 Å². The van der Waals surface area contributed by atoms with Crippen molar-refractivity contribution in [2.75, 3.05) is 26.9 Å². The summed E-state index contributed by atoms with van der Waals surface area (Å²) in [4.78, 5) is 12.0. The highest BCUT2D eigenvalue weighted by atomic mass is 35.5. The Kier molecular flexibility index (Phi) is 3.99. The average molecular weight is 257 g/mol. The third-order valence-electron chi connectivity index (χ3n) is 2.54. The first-order chi connectivity index (χ1) is 8.22. The number of benzene rings is 1. The van der Waals surface area contributed by atoms with Crippen LogP contribution >= 0.6 is 11.6 Å². The van der Waals surface area contributed by atoms with Gasteiger partial charge in [-0.1, -0.05) is 11.6 Å². The van der Waals surface area contributed by atoms with Crippen LogP contribution in [0.4, 0.5) is 0 Å². The molecule has 1 saturated heterocycles. The second-order valence-corrected chi connectivity index (χ2v) is 4.06. The number of hydrogen-bond donors (Lipinski definition) is 0. The number of halogens is 1. The van der Waals surface area contributed by atoms with Crippen LogP contribution in [0.2, 0.25) is 5.02 Å². The minimum absolute atomic E-state index is 0.116. The summed E-state index contributed by atoms with van der Waals surface area (Å²) in [5.41, 5.74) is 0.506. The quantitative estimate of drug-likeness (QED) is 0.776. The Balaban J connectivity index is 2.16. The summed E-state index contributed by atoms with van der Waals surface area (Å²) in [6.45, 7) is 1.27. The van der Waals surface area contributed by atoms with Crippen molar-refractivity contribution < 1.29 is 19.0 Å². The topological polar surface area (TPSA) is 44.8 Å². The standard InChI is InChI=1S/C12H13ClO4/c1-15-10-3-2-8(6-9(10)13)12(14)11-7-16-4-5-17-11/h2-3,6,11H,4-5,7H2,1H3. The molecular weight excluding hydrogens is 244 g/mol. The maximum Gasteiger partial charge on any atom is 0.193 e. The predicted molar refractivity (Wildman–Crippen MR) is 62.9 cm³/mol. The molecule has 1 aliphatic rings. The lowest BCUT2D eigenvalue weighted by atomic mass is 10.1. The number of rotatable bonds is 3. The Bertz CT molecular complexity index is 413. The van der Waals surface area contributed by atoms with E-state index < -0.39 is 6.10 Å². The molecule has 1 heterocycles. The van der Waals surface area contributed by atoms with Crippen molar-refractivity contribution in [1.29, 1.82) is 0 Å². The molecule has 0 N–H and O–H groups in total. The van der Waals surface area contributed by atoms with Crippen LogP contribution < -0.4 is 4.74 Å². The smallest absolute Gasteiger partial charge is 0.193 e. The first-order valence-corrected chi connectivity index (χ1v) is 5.67. The van der Waals surface area contributed by atoms with Gasteiger partial charge in [-0.25, -0.2) is 0 Å². The molecule has 4 nitrogen and oxygen atoms in total. The van der Waals surface area contributed by atoms with Gasteiger partial charge in [0.15, 0.2) is 5.78 Å². The maximum absolute atomic E-state index is 12.0. The summed E-state index contributed by atoms with van der Waals surface area (Å²) >= 11 is 5.96. The molecule has 1 aromatic carbocycles. The lowest BCUT2D eigenvalue weighted by Gasteiger charge is -2.21. The van der Waals surface area contributed by atoms with Crippen LogP contribution in [0.25, 0.3) is 0 Å². The third-order valence-corrected chi connectivity index (χ3v) is 2.84. The van der Waals surface area contributed by atoms with E-state index in [1.165, 1.54) is 7.11 Å². The van der Waals surface area contributed by atoms with Gasteiger partial charge >= 0.3 is 0 Å². The lowest BCUT2D eigenvalue weighted by Crippen LogP contribution is -2.35. The highest BCUT2D eigenvalue weighted by Crippen LogP contribution is 2.25. The van der Waals surface area contributed by atoms with Crippen molar-refractivity contribution in [3.05, 3.63) is 28.8 Å². The van der Waals surface area contributed by atoms with E-state index in [2.05, 4.69) is 0 Å². The molecule has 0 radical (unpaired) electrons. The van der Waals surface area contributed by atoms with Gasteiger partial charge in [-0.2, -0.15) is 0 Å². The Labute approximate surface area is 104 Å². The number of methoxy groups -OCH3 is 1. The monoisotopic (exact) mass is 256 g/mol. The first-order valence-electron chi connectivity index (χ1n) is 5.29. The van der Waals surface area contributed by atoms with E-state index in [4.69, 9.17) is 25.8 Å². The Hall–Kier alpha value is -1.10. The zero-order valence-corrected chi connectivity index (χ0v) is 10.2. The number of carbonyl (C=O) groups is 1. The molecule has 2 rings (SSSR count). The lowest BCUT2D eigenvalue weighted by molar-refractivity contribution is -0.0719. The van der Waals surface area contributed by atoms with E-state index in [-0.39, 0.29) is 5.78 Å². The summed E-state index contributed by atoms with van der Waals surface area (Å²) in [7, 11) is 1.53. The van der Waals surface area contributed by atoms with Crippen LogP contribution in [0.3, 0.4) is 0 Å². The second kappa shape index (κ2) is 5.49. The molecule has 0 aromatic heterocycles. The minimum Gasteiger partial charge on any atom is -0.495 e. The van der Waals surface area contributed by atoms with Crippen LogP contribution in [-0.2, 0) is 9.47 Å². The summed E-state index contributed by atoms with van der Waals surface area (Å²) in [6, 6.07) is 4.92. The highest BCUT2D eigenvalue weighted by molar-refractivity contribution is 6.32. The maximum atomic E-state index is 12.0.